The minimum atomic E-state index is 0.472. The summed E-state index contributed by atoms with van der Waals surface area (Å²) in [6.07, 6.45) is 0. The SMILES string of the molecule is C[C@H]([NH2+]Cc1ccccc1)c1ccc2ccccc2c1. The molecule has 20 heavy (non-hydrogen) atoms. The van der Waals surface area contributed by atoms with E-state index < -0.39 is 0 Å². The van der Waals surface area contributed by atoms with Gasteiger partial charge in [-0.3, -0.25) is 0 Å². The van der Waals surface area contributed by atoms with Crippen LogP contribution in [0.5, 0.6) is 0 Å². The second-order valence-electron chi connectivity index (χ2n) is 5.32. The topological polar surface area (TPSA) is 16.6 Å². The Bertz CT molecular complexity index is 688. The molecule has 0 spiro atoms. The Morgan fingerprint density at radius 3 is 2.30 bits per heavy atom. The fraction of sp³-hybridized carbons (Fsp3) is 0.158. The maximum Gasteiger partial charge on any atom is 0.109 e. The summed E-state index contributed by atoms with van der Waals surface area (Å²) in [6, 6.07) is 26.4. The molecule has 1 heteroatoms. The molecule has 3 aromatic carbocycles. The normalized spacial score (nSPS) is 12.4. The third-order valence-electron chi connectivity index (χ3n) is 3.85. The minimum absolute atomic E-state index is 0.472. The zero-order valence-electron chi connectivity index (χ0n) is 11.8. The first-order chi connectivity index (χ1) is 9.83. The van der Waals surface area contributed by atoms with Crippen molar-refractivity contribution in [2.45, 2.75) is 19.5 Å². The van der Waals surface area contributed by atoms with E-state index in [0.717, 1.165) is 6.54 Å². The van der Waals surface area contributed by atoms with Gasteiger partial charge in [0.15, 0.2) is 0 Å². The Morgan fingerprint density at radius 2 is 1.50 bits per heavy atom. The summed E-state index contributed by atoms with van der Waals surface area (Å²) in [5, 5.41) is 5.02. The van der Waals surface area contributed by atoms with Gasteiger partial charge in [-0.05, 0) is 23.8 Å². The molecule has 1 nitrogen and oxygen atoms in total. The van der Waals surface area contributed by atoms with Crippen LogP contribution in [0.25, 0.3) is 10.8 Å². The van der Waals surface area contributed by atoms with Crippen LogP contribution in [0.2, 0.25) is 0 Å². The third kappa shape index (κ3) is 2.89. The summed E-state index contributed by atoms with van der Waals surface area (Å²) in [7, 11) is 0. The first-order valence-electron chi connectivity index (χ1n) is 7.19. The Morgan fingerprint density at radius 1 is 0.800 bits per heavy atom. The smallest absolute Gasteiger partial charge is 0.109 e. The molecular weight excluding hydrogens is 242 g/mol. The summed E-state index contributed by atoms with van der Waals surface area (Å²) in [5.74, 6) is 0. The van der Waals surface area contributed by atoms with E-state index >= 15 is 0 Å². The maximum absolute atomic E-state index is 2.39. The van der Waals surface area contributed by atoms with Gasteiger partial charge in [-0.25, -0.2) is 0 Å². The number of rotatable bonds is 4. The lowest BCUT2D eigenvalue weighted by molar-refractivity contribution is -0.707. The van der Waals surface area contributed by atoms with Crippen molar-refractivity contribution in [1.29, 1.82) is 0 Å². The molecule has 0 aliphatic rings. The van der Waals surface area contributed by atoms with Crippen molar-refractivity contribution >= 4 is 10.8 Å². The Labute approximate surface area is 120 Å². The molecular formula is C19H20N+. The Balaban J connectivity index is 1.73. The molecule has 100 valence electrons. The van der Waals surface area contributed by atoms with E-state index in [0.29, 0.717) is 6.04 Å². The monoisotopic (exact) mass is 262 g/mol. The molecule has 0 aromatic heterocycles. The predicted octanol–water partition coefficient (Wildman–Crippen LogP) is 3.66. The highest BCUT2D eigenvalue weighted by molar-refractivity contribution is 5.83. The quantitative estimate of drug-likeness (QED) is 0.739. The van der Waals surface area contributed by atoms with Gasteiger partial charge in [0.25, 0.3) is 0 Å². The number of nitrogens with two attached hydrogens (primary N) is 1. The molecule has 0 amide bonds. The van der Waals surface area contributed by atoms with Crippen molar-refractivity contribution < 1.29 is 5.32 Å². The molecule has 0 saturated heterocycles. The summed E-state index contributed by atoms with van der Waals surface area (Å²) in [6.45, 7) is 3.29. The molecule has 0 saturated carbocycles. The average molecular weight is 262 g/mol. The van der Waals surface area contributed by atoms with Crippen molar-refractivity contribution in [3.63, 3.8) is 0 Å². The van der Waals surface area contributed by atoms with Crippen molar-refractivity contribution in [2.75, 3.05) is 0 Å². The summed E-state index contributed by atoms with van der Waals surface area (Å²) >= 11 is 0. The minimum Gasteiger partial charge on any atom is -0.337 e. The summed E-state index contributed by atoms with van der Waals surface area (Å²) < 4.78 is 0. The fourth-order valence-electron chi connectivity index (χ4n) is 2.55. The second kappa shape index (κ2) is 5.89. The standard InChI is InChI=1S/C19H19N/c1-15(20-14-16-7-3-2-4-8-16)18-12-11-17-9-5-6-10-19(17)13-18/h2-13,15,20H,14H2,1H3/p+1/t15-/m0/s1. The largest absolute Gasteiger partial charge is 0.337 e. The lowest BCUT2D eigenvalue weighted by Gasteiger charge is -2.12. The van der Waals surface area contributed by atoms with Crippen LogP contribution in [-0.4, -0.2) is 0 Å². The van der Waals surface area contributed by atoms with Gasteiger partial charge < -0.3 is 5.32 Å². The van der Waals surface area contributed by atoms with E-state index in [1.54, 1.807) is 0 Å². The number of quaternary nitrogens is 1. The molecule has 3 aromatic rings. The molecule has 2 N–H and O–H groups in total. The van der Waals surface area contributed by atoms with Crippen LogP contribution in [0.4, 0.5) is 0 Å². The van der Waals surface area contributed by atoms with Gasteiger partial charge >= 0.3 is 0 Å². The van der Waals surface area contributed by atoms with Gasteiger partial charge in [0.05, 0.1) is 0 Å². The molecule has 0 aliphatic heterocycles. The molecule has 0 fully saturated rings. The fourth-order valence-corrected chi connectivity index (χ4v) is 2.55. The second-order valence-corrected chi connectivity index (χ2v) is 5.32. The van der Waals surface area contributed by atoms with Crippen LogP contribution in [0.3, 0.4) is 0 Å². The third-order valence-corrected chi connectivity index (χ3v) is 3.85. The lowest BCUT2D eigenvalue weighted by atomic mass is 10.0. The zero-order chi connectivity index (χ0) is 13.8. The molecule has 1 atom stereocenters. The van der Waals surface area contributed by atoms with Crippen LogP contribution in [0.15, 0.2) is 72.8 Å². The first kappa shape index (κ1) is 12.9. The number of benzene rings is 3. The van der Waals surface area contributed by atoms with Gasteiger partial charge in [0.1, 0.15) is 12.6 Å². The molecule has 0 radical (unpaired) electrons. The van der Waals surface area contributed by atoms with Crippen molar-refractivity contribution in [1.82, 2.24) is 0 Å². The van der Waals surface area contributed by atoms with E-state index in [2.05, 4.69) is 85.0 Å². The van der Waals surface area contributed by atoms with Crippen LogP contribution in [0.1, 0.15) is 24.1 Å². The summed E-state index contributed by atoms with van der Waals surface area (Å²) in [4.78, 5) is 0. The molecule has 0 unspecified atom stereocenters. The van der Waals surface area contributed by atoms with Crippen LogP contribution in [0, 0.1) is 0 Å². The van der Waals surface area contributed by atoms with Crippen LogP contribution < -0.4 is 5.32 Å². The van der Waals surface area contributed by atoms with Gasteiger partial charge in [-0.1, -0.05) is 66.7 Å². The number of hydrogen-bond donors (Lipinski definition) is 1. The van der Waals surface area contributed by atoms with Gasteiger partial charge in [-0.15, -0.1) is 0 Å². The Hall–Kier alpha value is -2.12. The number of fused-ring (bicyclic) bond motifs is 1. The predicted molar refractivity (Wildman–Crippen MR) is 84.4 cm³/mol. The first-order valence-corrected chi connectivity index (χ1v) is 7.19. The average Bonchev–Trinajstić information content (AvgIpc) is 2.53. The van der Waals surface area contributed by atoms with Crippen molar-refractivity contribution in [3.8, 4) is 0 Å². The lowest BCUT2D eigenvalue weighted by Crippen LogP contribution is -2.83. The van der Waals surface area contributed by atoms with Crippen LogP contribution in [-0.2, 0) is 6.54 Å². The summed E-state index contributed by atoms with van der Waals surface area (Å²) in [5.41, 5.74) is 2.76. The van der Waals surface area contributed by atoms with E-state index in [4.69, 9.17) is 0 Å². The van der Waals surface area contributed by atoms with Crippen LogP contribution >= 0.6 is 0 Å². The molecule has 0 bridgehead atoms. The number of hydrogen-bond acceptors (Lipinski definition) is 0. The van der Waals surface area contributed by atoms with Gasteiger partial charge in [-0.2, -0.15) is 0 Å². The van der Waals surface area contributed by atoms with E-state index in [-0.39, 0.29) is 0 Å². The zero-order valence-corrected chi connectivity index (χ0v) is 11.8. The van der Waals surface area contributed by atoms with Crippen molar-refractivity contribution in [3.05, 3.63) is 83.9 Å². The highest BCUT2D eigenvalue weighted by Crippen LogP contribution is 2.18. The van der Waals surface area contributed by atoms with E-state index in [1.165, 1.54) is 21.9 Å². The highest BCUT2D eigenvalue weighted by Gasteiger charge is 2.08. The van der Waals surface area contributed by atoms with Crippen molar-refractivity contribution in [2.24, 2.45) is 0 Å². The van der Waals surface area contributed by atoms with Gasteiger partial charge in [0, 0.05) is 11.1 Å². The van der Waals surface area contributed by atoms with E-state index in [1.807, 2.05) is 0 Å². The van der Waals surface area contributed by atoms with E-state index in [9.17, 15) is 0 Å². The molecule has 0 heterocycles. The molecule has 3 rings (SSSR count). The Kier molecular flexibility index (Phi) is 3.80. The maximum atomic E-state index is 2.39. The van der Waals surface area contributed by atoms with Gasteiger partial charge in [0.2, 0.25) is 0 Å². The molecule has 0 aliphatic carbocycles. The highest BCUT2D eigenvalue weighted by atomic mass is 14.9.